The lowest BCUT2D eigenvalue weighted by Crippen LogP contribution is -2.56. The van der Waals surface area contributed by atoms with Crippen molar-refractivity contribution in [1.29, 1.82) is 0 Å². The Labute approximate surface area is 143 Å². The normalized spacial score (nSPS) is 30.2. The fraction of sp³-hybridized carbons (Fsp3) is 0.450. The van der Waals surface area contributed by atoms with E-state index in [1.165, 1.54) is 12.0 Å². The molecule has 2 aromatic rings. The number of nitrogens with zero attached hydrogens (tertiary/aromatic N) is 2. The van der Waals surface area contributed by atoms with Gasteiger partial charge in [-0.25, -0.2) is 0 Å². The van der Waals surface area contributed by atoms with Crippen LogP contribution in [0.3, 0.4) is 0 Å². The van der Waals surface area contributed by atoms with Gasteiger partial charge in [-0.3, -0.25) is 9.88 Å². The molecule has 1 aromatic heterocycles. The molecule has 5 atom stereocenters. The second kappa shape index (κ2) is 6.19. The van der Waals surface area contributed by atoms with Gasteiger partial charge in [-0.1, -0.05) is 6.08 Å². The summed E-state index contributed by atoms with van der Waals surface area (Å²) < 4.78 is 5.39. The first kappa shape index (κ1) is 15.6. The highest BCUT2D eigenvalue weighted by molar-refractivity contribution is 5.84. The molecule has 2 N–H and O–H groups in total. The van der Waals surface area contributed by atoms with Crippen LogP contribution in [0.5, 0.6) is 5.75 Å². The number of ether oxygens (including phenoxy) is 1. The molecule has 3 aliphatic rings. The van der Waals surface area contributed by atoms with Crippen LogP contribution in [0.25, 0.3) is 10.9 Å². The van der Waals surface area contributed by atoms with Crippen LogP contribution in [0.15, 0.2) is 43.1 Å². The zero-order chi connectivity index (χ0) is 16.7. The van der Waals surface area contributed by atoms with Crippen LogP contribution in [-0.2, 0) is 0 Å². The highest BCUT2D eigenvalue weighted by atomic mass is 16.5. The second-order valence-corrected chi connectivity index (χ2v) is 7.06. The van der Waals surface area contributed by atoms with E-state index in [0.717, 1.165) is 42.1 Å². The summed E-state index contributed by atoms with van der Waals surface area (Å²) in [5.74, 6) is 2.20. The molecule has 3 aliphatic heterocycles. The summed E-state index contributed by atoms with van der Waals surface area (Å²) in [5.41, 5.74) is 8.91. The van der Waals surface area contributed by atoms with E-state index in [-0.39, 0.29) is 6.04 Å². The van der Waals surface area contributed by atoms with Gasteiger partial charge in [0, 0.05) is 30.2 Å². The summed E-state index contributed by atoms with van der Waals surface area (Å²) in [5, 5.41) is 1.10. The zero-order valence-electron chi connectivity index (χ0n) is 14.2. The maximum Gasteiger partial charge on any atom is 0.119 e. The quantitative estimate of drug-likeness (QED) is 0.878. The summed E-state index contributed by atoms with van der Waals surface area (Å²) in [6, 6.07) is 8.48. The largest absolute Gasteiger partial charge is 0.497 e. The Morgan fingerprint density at radius 1 is 1.42 bits per heavy atom. The van der Waals surface area contributed by atoms with E-state index in [1.807, 2.05) is 18.3 Å². The van der Waals surface area contributed by atoms with Crippen molar-refractivity contribution >= 4 is 10.9 Å². The number of methoxy groups -OCH3 is 1. The number of aromatic nitrogens is 1. The fourth-order valence-electron chi connectivity index (χ4n) is 4.52. The van der Waals surface area contributed by atoms with Gasteiger partial charge in [-0.05, 0) is 61.1 Å². The topological polar surface area (TPSA) is 51.4 Å². The van der Waals surface area contributed by atoms with Crippen molar-refractivity contribution in [2.75, 3.05) is 20.2 Å². The average Bonchev–Trinajstić information content (AvgIpc) is 2.66. The van der Waals surface area contributed by atoms with Crippen molar-refractivity contribution in [3.8, 4) is 5.75 Å². The van der Waals surface area contributed by atoms with Crippen LogP contribution >= 0.6 is 0 Å². The molecule has 1 aromatic carbocycles. The third kappa shape index (κ3) is 2.50. The molecule has 5 rings (SSSR count). The molecule has 0 saturated carbocycles. The number of hydrogen-bond acceptors (Lipinski definition) is 4. The number of piperidine rings is 3. The highest BCUT2D eigenvalue weighted by Crippen LogP contribution is 2.41. The third-order valence-corrected chi connectivity index (χ3v) is 5.91. The van der Waals surface area contributed by atoms with Gasteiger partial charge in [0.05, 0.1) is 12.6 Å². The van der Waals surface area contributed by atoms with Crippen LogP contribution < -0.4 is 10.5 Å². The fourth-order valence-corrected chi connectivity index (χ4v) is 4.52. The number of nitrogens with two attached hydrogens (primary N) is 1. The summed E-state index contributed by atoms with van der Waals surface area (Å²) in [7, 11) is 1.69. The molecule has 4 heterocycles. The summed E-state index contributed by atoms with van der Waals surface area (Å²) in [4.78, 5) is 7.04. The second-order valence-electron chi connectivity index (χ2n) is 7.06. The molecule has 0 radical (unpaired) electrons. The lowest BCUT2D eigenvalue weighted by molar-refractivity contribution is 0.00749. The van der Waals surface area contributed by atoms with E-state index in [1.54, 1.807) is 7.11 Å². The SMILES string of the molecule is C=CC1CN2CCC1C[C@@H]2[C@@H](N)c1ccnc2ccc(OC)cc12. The van der Waals surface area contributed by atoms with Gasteiger partial charge in [-0.2, -0.15) is 0 Å². The molecule has 0 aliphatic carbocycles. The van der Waals surface area contributed by atoms with Gasteiger partial charge in [0.2, 0.25) is 0 Å². The zero-order valence-corrected chi connectivity index (χ0v) is 14.2. The van der Waals surface area contributed by atoms with Crippen molar-refractivity contribution in [2.24, 2.45) is 17.6 Å². The predicted octanol–water partition coefficient (Wildman–Crippen LogP) is 3.14. The standard InChI is InChI=1S/C20H25N3O/c1-3-13-12-23-9-7-14(13)10-19(23)20(21)16-6-8-22-18-5-4-15(24-2)11-17(16)18/h3-6,8,11,13-14,19-20H,1,7,9-10,12,21H2,2H3/t13?,14?,19-,20+/m1/s1. The Balaban J connectivity index is 1.69. The van der Waals surface area contributed by atoms with Crippen molar-refractivity contribution < 1.29 is 4.74 Å². The van der Waals surface area contributed by atoms with Gasteiger partial charge >= 0.3 is 0 Å². The average molecular weight is 323 g/mol. The summed E-state index contributed by atoms with van der Waals surface area (Å²) >= 11 is 0. The monoisotopic (exact) mass is 323 g/mol. The Bertz CT molecular complexity index is 760. The van der Waals surface area contributed by atoms with E-state index >= 15 is 0 Å². The lowest BCUT2D eigenvalue weighted by atomic mass is 9.73. The van der Waals surface area contributed by atoms with Crippen LogP contribution in [-0.4, -0.2) is 36.1 Å². The molecule has 126 valence electrons. The number of benzene rings is 1. The molecule has 4 heteroatoms. The predicted molar refractivity (Wildman–Crippen MR) is 97.0 cm³/mol. The van der Waals surface area contributed by atoms with E-state index in [2.05, 4.69) is 34.7 Å². The molecule has 0 spiro atoms. The first-order valence-electron chi connectivity index (χ1n) is 8.76. The van der Waals surface area contributed by atoms with Gasteiger partial charge in [0.1, 0.15) is 5.75 Å². The Kier molecular flexibility index (Phi) is 4.02. The Morgan fingerprint density at radius 3 is 3.00 bits per heavy atom. The molecule has 3 unspecified atom stereocenters. The van der Waals surface area contributed by atoms with Gasteiger partial charge in [0.15, 0.2) is 0 Å². The minimum absolute atomic E-state index is 0.00354. The van der Waals surface area contributed by atoms with Crippen LogP contribution in [0, 0.1) is 11.8 Å². The van der Waals surface area contributed by atoms with Gasteiger partial charge in [0.25, 0.3) is 0 Å². The molecular weight excluding hydrogens is 298 g/mol. The molecule has 24 heavy (non-hydrogen) atoms. The molecular formula is C20H25N3O. The van der Waals surface area contributed by atoms with Gasteiger partial charge < -0.3 is 10.5 Å². The van der Waals surface area contributed by atoms with Crippen molar-refractivity contribution in [2.45, 2.75) is 24.9 Å². The van der Waals surface area contributed by atoms with Crippen molar-refractivity contribution in [1.82, 2.24) is 9.88 Å². The van der Waals surface area contributed by atoms with Gasteiger partial charge in [-0.15, -0.1) is 6.58 Å². The summed E-state index contributed by atoms with van der Waals surface area (Å²) in [6.45, 7) is 6.26. The maximum atomic E-state index is 6.76. The number of pyridine rings is 1. The van der Waals surface area contributed by atoms with E-state index < -0.39 is 0 Å². The number of hydrogen-bond donors (Lipinski definition) is 1. The Morgan fingerprint density at radius 2 is 2.29 bits per heavy atom. The van der Waals surface area contributed by atoms with Crippen LogP contribution in [0.2, 0.25) is 0 Å². The minimum Gasteiger partial charge on any atom is -0.497 e. The number of rotatable bonds is 4. The molecule has 2 bridgehead atoms. The smallest absolute Gasteiger partial charge is 0.119 e. The van der Waals surface area contributed by atoms with Crippen LogP contribution in [0.4, 0.5) is 0 Å². The van der Waals surface area contributed by atoms with Crippen molar-refractivity contribution in [3.05, 3.63) is 48.7 Å². The summed E-state index contributed by atoms with van der Waals surface area (Å²) in [6.07, 6.45) is 6.43. The van der Waals surface area contributed by atoms with E-state index in [0.29, 0.717) is 12.0 Å². The van der Waals surface area contributed by atoms with E-state index in [9.17, 15) is 0 Å². The first-order valence-corrected chi connectivity index (χ1v) is 8.76. The maximum absolute atomic E-state index is 6.76. The van der Waals surface area contributed by atoms with E-state index in [4.69, 9.17) is 10.5 Å². The third-order valence-electron chi connectivity index (χ3n) is 5.91. The Hall–Kier alpha value is -1.91. The molecule has 0 amide bonds. The molecule has 3 saturated heterocycles. The molecule has 3 fully saturated rings. The van der Waals surface area contributed by atoms with Crippen LogP contribution in [0.1, 0.15) is 24.4 Å². The van der Waals surface area contributed by atoms with Crippen molar-refractivity contribution in [3.63, 3.8) is 0 Å². The first-order chi connectivity index (χ1) is 11.7. The highest BCUT2D eigenvalue weighted by Gasteiger charge is 2.41. The lowest BCUT2D eigenvalue weighted by Gasteiger charge is -2.51. The minimum atomic E-state index is -0.00354. The number of fused-ring (bicyclic) bond motifs is 4. The molecule has 4 nitrogen and oxygen atoms in total.